The molecule has 1 amide bonds. The van der Waals surface area contributed by atoms with Crippen molar-refractivity contribution in [3.05, 3.63) is 94.9 Å². The van der Waals surface area contributed by atoms with Crippen LogP contribution in [0.4, 0.5) is 5.69 Å². The minimum Gasteiger partial charge on any atom is -0.504 e. The molecule has 0 aliphatic rings. The Labute approximate surface area is 175 Å². The van der Waals surface area contributed by atoms with E-state index in [9.17, 15) is 23.4 Å². The quantitative estimate of drug-likeness (QED) is 0.499. The van der Waals surface area contributed by atoms with Crippen LogP contribution in [0.25, 0.3) is 6.08 Å². The highest BCUT2D eigenvalue weighted by Gasteiger charge is 2.09. The number of anilines is 1. The lowest BCUT2D eigenvalue weighted by atomic mass is 10.1. The van der Waals surface area contributed by atoms with E-state index in [1.54, 1.807) is 48.5 Å². The largest absolute Gasteiger partial charge is 0.504 e. The summed E-state index contributed by atoms with van der Waals surface area (Å²) in [7, 11) is -3.46. The van der Waals surface area contributed by atoms with Crippen LogP contribution in [0.15, 0.2) is 78.2 Å². The van der Waals surface area contributed by atoms with Gasteiger partial charge in [-0.05, 0) is 60.0 Å². The zero-order valence-corrected chi connectivity index (χ0v) is 16.8. The second-order valence-corrected chi connectivity index (χ2v) is 8.69. The average Bonchev–Trinajstić information content (AvgIpc) is 2.75. The predicted molar refractivity (Wildman–Crippen MR) is 117 cm³/mol. The number of sulfone groups is 1. The number of hydrogen-bond donors (Lipinski definition) is 3. The molecule has 0 bridgehead atoms. The van der Waals surface area contributed by atoms with Crippen LogP contribution in [0.2, 0.25) is 0 Å². The molecule has 0 saturated carbocycles. The lowest BCUT2D eigenvalue weighted by Crippen LogP contribution is -2.11. The molecule has 0 heterocycles. The van der Waals surface area contributed by atoms with Gasteiger partial charge in [0.1, 0.15) is 0 Å². The van der Waals surface area contributed by atoms with Crippen LogP contribution in [0.1, 0.15) is 21.5 Å². The molecule has 0 atom stereocenters. The fraction of sp³-hybridized carbons (Fsp3) is 0.0870. The van der Waals surface area contributed by atoms with Gasteiger partial charge in [0.15, 0.2) is 21.3 Å². The van der Waals surface area contributed by atoms with E-state index in [0.717, 1.165) is 11.0 Å². The molecule has 3 N–H and O–H groups in total. The van der Waals surface area contributed by atoms with Crippen molar-refractivity contribution in [1.29, 1.82) is 0 Å². The van der Waals surface area contributed by atoms with Crippen molar-refractivity contribution in [1.82, 2.24) is 0 Å². The Balaban J connectivity index is 1.56. The van der Waals surface area contributed by atoms with E-state index in [0.29, 0.717) is 23.2 Å². The van der Waals surface area contributed by atoms with Crippen LogP contribution >= 0.6 is 0 Å². The molecule has 0 aliphatic carbocycles. The molecule has 6 nitrogen and oxygen atoms in total. The van der Waals surface area contributed by atoms with Crippen LogP contribution in [0, 0.1) is 0 Å². The van der Waals surface area contributed by atoms with Gasteiger partial charge in [0.05, 0.1) is 5.75 Å². The van der Waals surface area contributed by atoms with E-state index in [4.69, 9.17) is 0 Å². The highest BCUT2D eigenvalue weighted by Crippen LogP contribution is 2.25. The molecule has 0 unspecified atom stereocenters. The van der Waals surface area contributed by atoms with Crippen LogP contribution in [0.3, 0.4) is 0 Å². The van der Waals surface area contributed by atoms with Crippen LogP contribution in [-0.2, 0) is 16.3 Å². The van der Waals surface area contributed by atoms with Gasteiger partial charge in [-0.3, -0.25) is 4.79 Å². The van der Waals surface area contributed by atoms with Crippen molar-refractivity contribution >= 4 is 27.5 Å². The molecule has 30 heavy (non-hydrogen) atoms. The van der Waals surface area contributed by atoms with Gasteiger partial charge in [0.25, 0.3) is 5.91 Å². The minimum atomic E-state index is -3.46. The predicted octanol–water partition coefficient (Wildman–Crippen LogP) is 3.98. The first-order valence-electron chi connectivity index (χ1n) is 9.20. The number of aromatic hydroxyl groups is 2. The van der Waals surface area contributed by atoms with Crippen molar-refractivity contribution in [2.24, 2.45) is 0 Å². The second-order valence-electron chi connectivity index (χ2n) is 6.68. The maximum Gasteiger partial charge on any atom is 0.255 e. The van der Waals surface area contributed by atoms with E-state index in [1.165, 1.54) is 24.3 Å². The number of rotatable bonds is 7. The van der Waals surface area contributed by atoms with Gasteiger partial charge >= 0.3 is 0 Å². The summed E-state index contributed by atoms with van der Waals surface area (Å²) in [6.07, 6.45) is 1.69. The Morgan fingerprint density at radius 3 is 2.27 bits per heavy atom. The highest BCUT2D eigenvalue weighted by atomic mass is 32.2. The van der Waals surface area contributed by atoms with Crippen molar-refractivity contribution in [2.75, 3.05) is 11.1 Å². The van der Waals surface area contributed by atoms with E-state index < -0.39 is 9.84 Å². The zero-order chi connectivity index (χ0) is 21.6. The number of hydrogen-bond acceptors (Lipinski definition) is 5. The number of benzene rings is 3. The summed E-state index contributed by atoms with van der Waals surface area (Å²) in [5.74, 6) is -0.868. The number of phenols is 2. The Hall–Kier alpha value is -3.58. The zero-order valence-electron chi connectivity index (χ0n) is 16.0. The molecule has 0 aliphatic heterocycles. The van der Waals surface area contributed by atoms with Gasteiger partial charge in [0.2, 0.25) is 0 Å². The van der Waals surface area contributed by atoms with Crippen molar-refractivity contribution < 1.29 is 23.4 Å². The molecule has 0 saturated heterocycles. The normalized spacial score (nSPS) is 11.5. The third-order valence-electron chi connectivity index (χ3n) is 4.39. The molecule has 7 heteroatoms. The number of amides is 1. The summed E-state index contributed by atoms with van der Waals surface area (Å²) in [4.78, 5) is 12.2. The standard InChI is InChI=1S/C23H21NO5S/c25-21-11-8-18(16-22(21)26)13-15-30(28,29)14-12-17-6-9-20(10-7-17)24-23(27)19-4-2-1-3-5-19/h1-11,13,15-16,25-26H,12,14H2,(H,24,27)/b15-13+. The summed E-state index contributed by atoms with van der Waals surface area (Å²) in [6.45, 7) is 0. The molecule has 3 aromatic rings. The van der Waals surface area contributed by atoms with E-state index >= 15 is 0 Å². The van der Waals surface area contributed by atoms with E-state index in [1.807, 2.05) is 6.07 Å². The molecule has 0 spiro atoms. The average molecular weight is 423 g/mol. The van der Waals surface area contributed by atoms with Gasteiger partial charge in [-0.1, -0.05) is 36.4 Å². The summed E-state index contributed by atoms with van der Waals surface area (Å²) in [5.41, 5.74) is 2.48. The maximum absolute atomic E-state index is 12.2. The van der Waals surface area contributed by atoms with Gasteiger partial charge in [-0.2, -0.15) is 0 Å². The SMILES string of the molecule is O=C(Nc1ccc(CCS(=O)(=O)/C=C/c2ccc(O)c(O)c2)cc1)c1ccccc1. The molecule has 0 fully saturated rings. The first kappa shape index (κ1) is 21.1. The van der Waals surface area contributed by atoms with E-state index in [-0.39, 0.29) is 23.2 Å². The second kappa shape index (κ2) is 9.28. The van der Waals surface area contributed by atoms with Crippen molar-refractivity contribution in [3.8, 4) is 11.5 Å². The topological polar surface area (TPSA) is 104 Å². The van der Waals surface area contributed by atoms with Gasteiger partial charge in [-0.25, -0.2) is 8.42 Å². The minimum absolute atomic E-state index is 0.0801. The van der Waals surface area contributed by atoms with E-state index in [2.05, 4.69) is 5.32 Å². The Morgan fingerprint density at radius 1 is 0.900 bits per heavy atom. The summed E-state index contributed by atoms with van der Waals surface area (Å²) in [6, 6.07) is 20.0. The van der Waals surface area contributed by atoms with Crippen molar-refractivity contribution in [3.63, 3.8) is 0 Å². The molecule has 0 aromatic heterocycles. The Morgan fingerprint density at radius 2 is 1.60 bits per heavy atom. The van der Waals surface area contributed by atoms with Crippen LogP contribution in [-0.4, -0.2) is 30.3 Å². The number of aryl methyl sites for hydroxylation is 1. The molecular weight excluding hydrogens is 402 g/mol. The summed E-state index contributed by atoms with van der Waals surface area (Å²) >= 11 is 0. The first-order chi connectivity index (χ1) is 14.3. The van der Waals surface area contributed by atoms with Crippen molar-refractivity contribution in [2.45, 2.75) is 6.42 Å². The third-order valence-corrected chi connectivity index (χ3v) is 5.71. The molecular formula is C23H21NO5S. The Kier molecular flexibility index (Phi) is 6.54. The lowest BCUT2D eigenvalue weighted by molar-refractivity contribution is 0.102. The Bertz CT molecular complexity index is 1150. The van der Waals surface area contributed by atoms with Gasteiger partial charge in [0, 0.05) is 16.7 Å². The smallest absolute Gasteiger partial charge is 0.255 e. The number of phenolic OH excluding ortho intramolecular Hbond substituents is 2. The van der Waals surface area contributed by atoms with Gasteiger partial charge < -0.3 is 15.5 Å². The highest BCUT2D eigenvalue weighted by molar-refractivity contribution is 7.94. The maximum atomic E-state index is 12.2. The fourth-order valence-corrected chi connectivity index (χ4v) is 3.72. The lowest BCUT2D eigenvalue weighted by Gasteiger charge is -2.07. The first-order valence-corrected chi connectivity index (χ1v) is 10.9. The number of carbonyl (C=O) groups is 1. The van der Waals surface area contributed by atoms with Gasteiger partial charge in [-0.15, -0.1) is 0 Å². The fourth-order valence-electron chi connectivity index (χ4n) is 2.70. The summed E-state index contributed by atoms with van der Waals surface area (Å²) in [5, 5.41) is 22.6. The number of nitrogens with one attached hydrogen (secondary N) is 1. The summed E-state index contributed by atoms with van der Waals surface area (Å²) < 4.78 is 24.5. The monoisotopic (exact) mass is 423 g/mol. The molecule has 0 radical (unpaired) electrons. The molecule has 3 rings (SSSR count). The third kappa shape index (κ3) is 5.96. The van der Waals surface area contributed by atoms with Crippen LogP contribution < -0.4 is 5.32 Å². The van der Waals surface area contributed by atoms with Crippen LogP contribution in [0.5, 0.6) is 11.5 Å². The molecule has 3 aromatic carbocycles. The molecule has 154 valence electrons. The number of carbonyl (C=O) groups excluding carboxylic acids is 1.